The molecule has 7 nitrogen and oxygen atoms in total. The zero-order valence-corrected chi connectivity index (χ0v) is 23.5. The molecule has 2 aromatic rings. The predicted molar refractivity (Wildman–Crippen MR) is 142 cm³/mol. The van der Waals surface area contributed by atoms with Gasteiger partial charge in [-0.15, -0.1) is 0 Å². The van der Waals surface area contributed by atoms with Crippen molar-refractivity contribution in [3.8, 4) is 0 Å². The van der Waals surface area contributed by atoms with Crippen LogP contribution in [0.15, 0.2) is 42.5 Å². The van der Waals surface area contributed by atoms with Gasteiger partial charge in [0.15, 0.2) is 0 Å². The first kappa shape index (κ1) is 31.4. The summed E-state index contributed by atoms with van der Waals surface area (Å²) in [7, 11) is -4.25. The van der Waals surface area contributed by atoms with Crippen LogP contribution in [0.5, 0.6) is 0 Å². The standard InChI is InChI=1S/C26H33ClF3N3O4S/c1-6-18(4)31-25(35)22(7-2)32(15-19-10-8-9-17(3)13-19)24(34)16-33(38(5,36)37)23-14-20(26(28,29)30)11-12-21(23)27/h8-14,18,22H,6-7,15-16H2,1-5H3,(H,31,35). The van der Waals surface area contributed by atoms with Crippen molar-refractivity contribution < 1.29 is 31.2 Å². The molecule has 1 N–H and O–H groups in total. The summed E-state index contributed by atoms with van der Waals surface area (Å²) in [5, 5.41) is 2.58. The van der Waals surface area contributed by atoms with E-state index in [-0.39, 0.29) is 24.0 Å². The van der Waals surface area contributed by atoms with Crippen molar-refractivity contribution in [1.29, 1.82) is 0 Å². The van der Waals surface area contributed by atoms with Gasteiger partial charge in [0.1, 0.15) is 12.6 Å². The Hall–Kier alpha value is -2.79. The van der Waals surface area contributed by atoms with Crippen molar-refractivity contribution in [2.24, 2.45) is 0 Å². The maximum Gasteiger partial charge on any atom is 0.416 e. The summed E-state index contributed by atoms with van der Waals surface area (Å²) in [6.07, 6.45) is -3.10. The van der Waals surface area contributed by atoms with Crippen LogP contribution in [-0.4, -0.2) is 50.0 Å². The van der Waals surface area contributed by atoms with Crippen molar-refractivity contribution in [1.82, 2.24) is 10.2 Å². The molecule has 0 aliphatic carbocycles. The number of benzene rings is 2. The Morgan fingerprint density at radius 3 is 2.26 bits per heavy atom. The molecule has 0 radical (unpaired) electrons. The molecule has 0 aliphatic heterocycles. The SMILES string of the molecule is CCC(C)NC(=O)C(CC)N(Cc1cccc(C)c1)C(=O)CN(c1cc(C(F)(F)F)ccc1Cl)S(C)(=O)=O. The molecule has 2 aromatic carbocycles. The van der Waals surface area contributed by atoms with Crippen LogP contribution in [-0.2, 0) is 32.3 Å². The van der Waals surface area contributed by atoms with E-state index >= 15 is 0 Å². The molecular formula is C26H33ClF3N3O4S. The Morgan fingerprint density at radius 2 is 1.74 bits per heavy atom. The zero-order chi connectivity index (χ0) is 28.8. The lowest BCUT2D eigenvalue weighted by atomic mass is 10.1. The maximum absolute atomic E-state index is 13.7. The average molecular weight is 576 g/mol. The molecule has 0 saturated heterocycles. The number of alkyl halides is 3. The van der Waals surface area contributed by atoms with Crippen LogP contribution < -0.4 is 9.62 Å². The Labute approximate surface area is 227 Å². The third kappa shape index (κ3) is 8.36. The average Bonchev–Trinajstić information content (AvgIpc) is 2.81. The third-order valence-electron chi connectivity index (χ3n) is 6.04. The van der Waals surface area contributed by atoms with E-state index in [0.717, 1.165) is 24.0 Å². The topological polar surface area (TPSA) is 86.8 Å². The second-order valence-corrected chi connectivity index (χ2v) is 11.5. The van der Waals surface area contributed by atoms with E-state index in [9.17, 15) is 31.2 Å². The number of aryl methyl sites for hydroxylation is 1. The number of hydrogen-bond acceptors (Lipinski definition) is 4. The van der Waals surface area contributed by atoms with Crippen LogP contribution in [0.3, 0.4) is 0 Å². The second-order valence-electron chi connectivity index (χ2n) is 9.19. The normalized spacial score (nSPS) is 13.5. The van der Waals surface area contributed by atoms with Gasteiger partial charge in [0.25, 0.3) is 0 Å². The van der Waals surface area contributed by atoms with Gasteiger partial charge in [-0.05, 0) is 50.5 Å². The van der Waals surface area contributed by atoms with E-state index < -0.39 is 51.9 Å². The van der Waals surface area contributed by atoms with Crippen LogP contribution in [0.2, 0.25) is 5.02 Å². The van der Waals surface area contributed by atoms with Crippen LogP contribution in [0.4, 0.5) is 18.9 Å². The fourth-order valence-corrected chi connectivity index (χ4v) is 4.97. The second kappa shape index (κ2) is 12.8. The fourth-order valence-electron chi connectivity index (χ4n) is 3.84. The zero-order valence-electron chi connectivity index (χ0n) is 22.0. The van der Waals surface area contributed by atoms with Gasteiger partial charge in [-0.25, -0.2) is 8.42 Å². The number of amides is 2. The first-order valence-corrected chi connectivity index (χ1v) is 14.3. The van der Waals surface area contributed by atoms with Gasteiger partial charge < -0.3 is 10.2 Å². The predicted octanol–water partition coefficient (Wildman–Crippen LogP) is 5.16. The molecular weight excluding hydrogens is 543 g/mol. The lowest BCUT2D eigenvalue weighted by Crippen LogP contribution is -2.53. The third-order valence-corrected chi connectivity index (χ3v) is 7.49. The van der Waals surface area contributed by atoms with Gasteiger partial charge in [0.2, 0.25) is 21.8 Å². The first-order chi connectivity index (χ1) is 17.6. The van der Waals surface area contributed by atoms with Crippen LogP contribution in [0.1, 0.15) is 50.3 Å². The van der Waals surface area contributed by atoms with Gasteiger partial charge in [-0.3, -0.25) is 13.9 Å². The number of halogens is 4. The van der Waals surface area contributed by atoms with E-state index in [4.69, 9.17) is 11.6 Å². The van der Waals surface area contributed by atoms with Gasteiger partial charge in [-0.1, -0.05) is 55.3 Å². The number of carbonyl (C=O) groups excluding carboxylic acids is 2. The molecule has 0 spiro atoms. The molecule has 2 amide bonds. The summed E-state index contributed by atoms with van der Waals surface area (Å²) >= 11 is 6.11. The molecule has 210 valence electrons. The molecule has 2 rings (SSSR count). The molecule has 0 bridgehead atoms. The molecule has 0 saturated carbocycles. The van der Waals surface area contributed by atoms with E-state index in [1.54, 1.807) is 19.1 Å². The minimum Gasteiger partial charge on any atom is -0.352 e. The lowest BCUT2D eigenvalue weighted by molar-refractivity contribution is -0.140. The van der Waals surface area contributed by atoms with E-state index in [1.165, 1.54) is 4.90 Å². The molecule has 2 atom stereocenters. The van der Waals surface area contributed by atoms with Crippen LogP contribution >= 0.6 is 11.6 Å². The number of anilines is 1. The first-order valence-electron chi connectivity index (χ1n) is 12.1. The molecule has 0 heterocycles. The number of rotatable bonds is 11. The number of nitrogens with one attached hydrogen (secondary N) is 1. The summed E-state index contributed by atoms with van der Waals surface area (Å²) in [4.78, 5) is 28.1. The molecule has 0 fully saturated rings. The number of sulfonamides is 1. The summed E-state index contributed by atoms with van der Waals surface area (Å²) in [6.45, 7) is 6.43. The summed E-state index contributed by atoms with van der Waals surface area (Å²) in [6, 6.07) is 8.39. The highest BCUT2D eigenvalue weighted by Crippen LogP contribution is 2.36. The molecule has 2 unspecified atom stereocenters. The number of hydrogen-bond donors (Lipinski definition) is 1. The minimum atomic E-state index is -4.76. The van der Waals surface area contributed by atoms with Crippen molar-refractivity contribution in [2.75, 3.05) is 17.1 Å². The monoisotopic (exact) mass is 575 g/mol. The Bertz CT molecular complexity index is 1250. The van der Waals surface area contributed by atoms with Crippen LogP contribution in [0, 0.1) is 6.92 Å². The molecule has 38 heavy (non-hydrogen) atoms. The van der Waals surface area contributed by atoms with Crippen LogP contribution in [0.25, 0.3) is 0 Å². The molecule has 0 aromatic heterocycles. The quantitative estimate of drug-likeness (QED) is 0.401. The van der Waals surface area contributed by atoms with Gasteiger partial charge >= 0.3 is 6.18 Å². The molecule has 12 heteroatoms. The number of carbonyl (C=O) groups is 2. The summed E-state index contributed by atoms with van der Waals surface area (Å²) in [5.74, 6) is -1.18. The highest BCUT2D eigenvalue weighted by atomic mass is 35.5. The van der Waals surface area contributed by atoms with E-state index in [1.807, 2.05) is 32.9 Å². The van der Waals surface area contributed by atoms with Gasteiger partial charge in [0.05, 0.1) is 22.5 Å². The van der Waals surface area contributed by atoms with E-state index in [0.29, 0.717) is 22.4 Å². The smallest absolute Gasteiger partial charge is 0.352 e. The summed E-state index contributed by atoms with van der Waals surface area (Å²) < 4.78 is 66.0. The highest BCUT2D eigenvalue weighted by Gasteiger charge is 2.35. The molecule has 0 aliphatic rings. The van der Waals surface area contributed by atoms with Gasteiger partial charge in [0, 0.05) is 12.6 Å². The highest BCUT2D eigenvalue weighted by molar-refractivity contribution is 7.92. The number of nitrogens with zero attached hydrogens (tertiary/aromatic N) is 2. The lowest BCUT2D eigenvalue weighted by Gasteiger charge is -2.33. The Morgan fingerprint density at radius 1 is 1.08 bits per heavy atom. The van der Waals surface area contributed by atoms with Crippen molar-refractivity contribution in [3.63, 3.8) is 0 Å². The van der Waals surface area contributed by atoms with Crippen molar-refractivity contribution in [3.05, 3.63) is 64.2 Å². The van der Waals surface area contributed by atoms with Crippen molar-refractivity contribution >= 4 is 39.1 Å². The van der Waals surface area contributed by atoms with Crippen molar-refractivity contribution in [2.45, 2.75) is 65.3 Å². The summed E-state index contributed by atoms with van der Waals surface area (Å²) in [5.41, 5.74) is 0.0237. The van der Waals surface area contributed by atoms with Gasteiger partial charge in [-0.2, -0.15) is 13.2 Å². The minimum absolute atomic E-state index is 0.0130. The maximum atomic E-state index is 13.7. The largest absolute Gasteiger partial charge is 0.416 e. The fraction of sp³-hybridized carbons (Fsp3) is 0.462. The Kier molecular flexibility index (Phi) is 10.6. The van der Waals surface area contributed by atoms with E-state index in [2.05, 4.69) is 5.32 Å². The Balaban J connectivity index is 2.55.